The van der Waals surface area contributed by atoms with Crippen molar-refractivity contribution in [3.8, 4) is 0 Å². The number of hydrogen-bond donors (Lipinski definition) is 2. The molecule has 86 valence electrons. The van der Waals surface area contributed by atoms with Crippen molar-refractivity contribution in [3.63, 3.8) is 0 Å². The lowest BCUT2D eigenvalue weighted by Crippen LogP contribution is -2.03. The van der Waals surface area contributed by atoms with Crippen molar-refractivity contribution < 1.29 is 18.8 Å². The number of nitrogens with two attached hydrogens (primary N) is 1. The van der Waals surface area contributed by atoms with E-state index in [1.807, 2.05) is 0 Å². The van der Waals surface area contributed by atoms with E-state index in [9.17, 15) is 4.57 Å². The molecule has 0 fully saturated rings. The van der Waals surface area contributed by atoms with E-state index in [4.69, 9.17) is 10.8 Å². The fourth-order valence-electron chi connectivity index (χ4n) is 0.248. The van der Waals surface area contributed by atoms with Gasteiger partial charge in [0.2, 0.25) is 0 Å². The summed E-state index contributed by atoms with van der Waals surface area (Å²) in [5.41, 5.74) is 0. The molecule has 0 aliphatic heterocycles. The van der Waals surface area contributed by atoms with Crippen molar-refractivity contribution >= 4 is 20.0 Å². The van der Waals surface area contributed by atoms with Crippen LogP contribution < -0.4 is 5.90 Å². The van der Waals surface area contributed by atoms with Crippen molar-refractivity contribution in [2.45, 2.75) is 26.7 Å². The van der Waals surface area contributed by atoms with E-state index in [0.717, 1.165) is 0 Å². The van der Waals surface area contributed by atoms with Gasteiger partial charge in [0.25, 0.3) is 0 Å². The Hall–Kier alpha value is 0.290. The van der Waals surface area contributed by atoms with Crippen LogP contribution in [0.4, 0.5) is 0 Å². The van der Waals surface area contributed by atoms with Gasteiger partial charge >= 0.3 is 8.25 Å². The fraction of sp³-hybridized carbons (Fsp3) is 1.00. The maximum absolute atomic E-state index is 9.89. The van der Waals surface area contributed by atoms with Crippen LogP contribution in [0.25, 0.3) is 0 Å². The number of rotatable bonds is 7. The average Bonchev–Trinajstić information content (AvgIpc) is 2.18. The summed E-state index contributed by atoms with van der Waals surface area (Å²) in [4.78, 5) is 12.4. The average molecular weight is 244 g/mol. The van der Waals surface area contributed by atoms with Gasteiger partial charge in [-0.2, -0.15) is 0 Å². The third-order valence-corrected chi connectivity index (χ3v) is 2.36. The molecule has 0 aliphatic carbocycles. The highest BCUT2D eigenvalue weighted by molar-refractivity contribution is 7.99. The SMILES string of the molecule is CCCC.NOCCSCO[P+](=O)O. The van der Waals surface area contributed by atoms with Crippen LogP contribution in [-0.2, 0) is 13.9 Å². The Morgan fingerprint density at radius 3 is 2.36 bits per heavy atom. The number of unbranched alkanes of at least 4 members (excludes halogenated alkanes) is 1. The molecule has 3 N–H and O–H groups in total. The minimum absolute atomic E-state index is 0.190. The zero-order valence-electron chi connectivity index (χ0n) is 8.64. The van der Waals surface area contributed by atoms with E-state index in [-0.39, 0.29) is 5.94 Å². The molecule has 0 aliphatic rings. The van der Waals surface area contributed by atoms with E-state index >= 15 is 0 Å². The maximum atomic E-state index is 9.89. The summed E-state index contributed by atoms with van der Waals surface area (Å²) in [5.74, 6) is 5.55. The first-order valence-corrected chi connectivity index (χ1v) is 6.65. The molecule has 14 heavy (non-hydrogen) atoms. The molecule has 1 unspecified atom stereocenters. The van der Waals surface area contributed by atoms with Crippen molar-refractivity contribution in [3.05, 3.63) is 0 Å². The molecule has 0 aromatic heterocycles. The Bertz CT molecular complexity index is 126. The molecule has 0 amide bonds. The van der Waals surface area contributed by atoms with Crippen LogP contribution in [0, 0.1) is 0 Å². The van der Waals surface area contributed by atoms with E-state index in [2.05, 4.69) is 23.2 Å². The number of hydrogen-bond acceptors (Lipinski definition) is 5. The first-order valence-electron chi connectivity index (χ1n) is 4.37. The molecular weight excluding hydrogens is 225 g/mol. The molecule has 0 aromatic rings. The minimum Gasteiger partial charge on any atom is -0.304 e. The van der Waals surface area contributed by atoms with Gasteiger partial charge in [-0.15, -0.1) is 21.2 Å². The predicted molar refractivity (Wildman–Crippen MR) is 59.0 cm³/mol. The molecule has 0 saturated heterocycles. The first kappa shape index (κ1) is 16.7. The van der Waals surface area contributed by atoms with Gasteiger partial charge in [-0.25, -0.2) is 5.90 Å². The molecule has 0 heterocycles. The highest BCUT2D eigenvalue weighted by Gasteiger charge is 2.10. The summed E-state index contributed by atoms with van der Waals surface area (Å²) in [6, 6.07) is 0. The lowest BCUT2D eigenvalue weighted by molar-refractivity contribution is 0.154. The van der Waals surface area contributed by atoms with Crippen LogP contribution in [0.3, 0.4) is 0 Å². The topological polar surface area (TPSA) is 81.8 Å². The van der Waals surface area contributed by atoms with Gasteiger partial charge in [0.05, 0.1) is 6.61 Å². The van der Waals surface area contributed by atoms with Crippen LogP contribution >= 0.6 is 20.0 Å². The van der Waals surface area contributed by atoms with Crippen LogP contribution in [0.1, 0.15) is 26.7 Å². The lowest BCUT2D eigenvalue weighted by atomic mass is 10.4. The third-order valence-electron chi connectivity index (χ3n) is 1.09. The molecular formula is C7H19NO4PS+. The van der Waals surface area contributed by atoms with Crippen molar-refractivity contribution in [1.82, 2.24) is 0 Å². The number of thioether (sulfide) groups is 1. The third kappa shape index (κ3) is 22.8. The van der Waals surface area contributed by atoms with Gasteiger partial charge in [0.15, 0.2) is 5.94 Å². The molecule has 0 bridgehead atoms. The van der Waals surface area contributed by atoms with E-state index in [1.54, 1.807) is 0 Å². The van der Waals surface area contributed by atoms with Gasteiger partial charge < -0.3 is 4.84 Å². The first-order chi connectivity index (χ1) is 6.68. The second-order valence-electron chi connectivity index (χ2n) is 2.26. The van der Waals surface area contributed by atoms with Gasteiger partial charge in [0.1, 0.15) is 0 Å². The Labute approximate surface area is 90.3 Å². The zero-order chi connectivity index (χ0) is 11.2. The molecule has 7 heteroatoms. The minimum atomic E-state index is -2.46. The molecule has 0 radical (unpaired) electrons. The second kappa shape index (κ2) is 15.7. The summed E-state index contributed by atoms with van der Waals surface area (Å²) in [6.45, 7) is 4.77. The van der Waals surface area contributed by atoms with Crippen LogP contribution in [0.15, 0.2) is 0 Å². The van der Waals surface area contributed by atoms with Crippen LogP contribution in [0.5, 0.6) is 0 Å². The summed E-state index contributed by atoms with van der Waals surface area (Å²) in [6.07, 6.45) is 2.64. The molecule has 5 nitrogen and oxygen atoms in total. The summed E-state index contributed by atoms with van der Waals surface area (Å²) >= 11 is 1.34. The van der Waals surface area contributed by atoms with Gasteiger partial charge in [0, 0.05) is 10.3 Å². The normalized spacial score (nSPS) is 10.4. The van der Waals surface area contributed by atoms with Crippen molar-refractivity contribution in [2.75, 3.05) is 18.3 Å². The van der Waals surface area contributed by atoms with E-state index < -0.39 is 8.25 Å². The summed E-state index contributed by atoms with van der Waals surface area (Å²) in [5, 5.41) is 0. The predicted octanol–water partition coefficient (Wildman–Crippen LogP) is 2.04. The highest BCUT2D eigenvalue weighted by Crippen LogP contribution is 2.17. The standard InChI is InChI=1S/C4H10.C3H8NO4PS/c1-3-4-2;4-7-1-2-10-3-8-9(5)6/h3-4H2,1-2H3;1-4H2/p+1. The van der Waals surface area contributed by atoms with Gasteiger partial charge in [-0.1, -0.05) is 26.7 Å². The van der Waals surface area contributed by atoms with E-state index in [0.29, 0.717) is 12.4 Å². The molecule has 0 spiro atoms. The largest absolute Gasteiger partial charge is 0.695 e. The quantitative estimate of drug-likeness (QED) is 0.308. The van der Waals surface area contributed by atoms with Gasteiger partial charge in [-0.3, -0.25) is 0 Å². The van der Waals surface area contributed by atoms with Crippen molar-refractivity contribution in [2.24, 2.45) is 5.90 Å². The smallest absolute Gasteiger partial charge is 0.304 e. The zero-order valence-corrected chi connectivity index (χ0v) is 10.4. The van der Waals surface area contributed by atoms with Gasteiger partial charge in [-0.05, 0) is 0 Å². The van der Waals surface area contributed by atoms with Crippen LogP contribution in [-0.4, -0.2) is 23.2 Å². The van der Waals surface area contributed by atoms with Crippen molar-refractivity contribution in [1.29, 1.82) is 0 Å². The highest BCUT2D eigenvalue weighted by atomic mass is 32.2. The molecule has 0 saturated carbocycles. The maximum Gasteiger partial charge on any atom is 0.695 e. The molecule has 0 rings (SSSR count). The summed E-state index contributed by atoms with van der Waals surface area (Å²) < 4.78 is 14.2. The Kier molecular flexibility index (Phi) is 18.8. The lowest BCUT2D eigenvalue weighted by Gasteiger charge is -1.92. The molecule has 1 atom stereocenters. The monoisotopic (exact) mass is 244 g/mol. The molecule has 0 aromatic carbocycles. The van der Waals surface area contributed by atoms with Crippen LogP contribution in [0.2, 0.25) is 0 Å². The fourth-order valence-corrected chi connectivity index (χ4v) is 1.24. The van der Waals surface area contributed by atoms with E-state index in [1.165, 1.54) is 24.6 Å². The Morgan fingerprint density at radius 1 is 1.43 bits per heavy atom. The Balaban J connectivity index is 0. The second-order valence-corrected chi connectivity index (χ2v) is 4.05. The Morgan fingerprint density at radius 2 is 2.00 bits per heavy atom. The summed E-state index contributed by atoms with van der Waals surface area (Å²) in [7, 11) is -2.46.